The van der Waals surface area contributed by atoms with Gasteiger partial charge >= 0.3 is 11.8 Å². The second kappa shape index (κ2) is 11.1. The Labute approximate surface area is 179 Å². The van der Waals surface area contributed by atoms with Crippen molar-refractivity contribution in [3.05, 3.63) is 15.6 Å². The Hall–Kier alpha value is -2.24. The fourth-order valence-corrected chi connectivity index (χ4v) is 3.81. The first-order valence-electron chi connectivity index (χ1n) is 8.93. The number of nitrogens with zero attached hydrogens (tertiary/aromatic N) is 3. The van der Waals surface area contributed by atoms with Crippen LogP contribution in [0.15, 0.2) is 0 Å². The molecule has 1 aromatic rings. The van der Waals surface area contributed by atoms with Gasteiger partial charge in [-0.15, -0.1) is 23.7 Å². The van der Waals surface area contributed by atoms with Crippen LogP contribution in [0.3, 0.4) is 0 Å². The van der Waals surface area contributed by atoms with Gasteiger partial charge in [-0.05, 0) is 13.5 Å². The van der Waals surface area contributed by atoms with E-state index in [0.717, 1.165) is 30.1 Å². The molecule has 0 spiro atoms. The lowest BCUT2D eigenvalue weighted by Gasteiger charge is -2.20. The topological polar surface area (TPSA) is 138 Å². The third kappa shape index (κ3) is 7.26. The predicted molar refractivity (Wildman–Crippen MR) is 111 cm³/mol. The molecule has 12 heteroatoms. The summed E-state index contributed by atoms with van der Waals surface area (Å²) >= 11 is 1.35. The molecular weight excluding hydrogens is 420 g/mol. The van der Waals surface area contributed by atoms with Crippen molar-refractivity contribution in [1.29, 1.82) is 0 Å². The molecule has 0 aromatic carbocycles. The Bertz CT molecular complexity index is 769. The fourth-order valence-electron chi connectivity index (χ4n) is 2.72. The van der Waals surface area contributed by atoms with Crippen molar-refractivity contribution in [2.75, 3.05) is 34.2 Å². The Kier molecular flexibility index (Phi) is 9.47. The molecule has 162 valence electrons. The molecular formula is C17H27ClN6O4S. The molecule has 1 aromatic heterocycles. The largest absolute Gasteiger partial charge is 0.361 e. The van der Waals surface area contributed by atoms with Gasteiger partial charge in [0.1, 0.15) is 0 Å². The molecule has 0 unspecified atom stereocenters. The van der Waals surface area contributed by atoms with Crippen molar-refractivity contribution in [2.24, 2.45) is 5.73 Å². The van der Waals surface area contributed by atoms with E-state index in [0.29, 0.717) is 11.4 Å². The van der Waals surface area contributed by atoms with Crippen molar-refractivity contribution in [3.8, 4) is 0 Å². The lowest BCUT2D eigenvalue weighted by Crippen LogP contribution is -2.46. The Morgan fingerprint density at radius 3 is 2.62 bits per heavy atom. The minimum absolute atomic E-state index is 0. The summed E-state index contributed by atoms with van der Waals surface area (Å²) in [5, 5.41) is 5.52. The second-order valence-corrected chi connectivity index (χ2v) is 8.03. The molecule has 1 atom stereocenters. The smallest absolute Gasteiger partial charge is 0.309 e. The van der Waals surface area contributed by atoms with Crippen molar-refractivity contribution in [3.63, 3.8) is 0 Å². The van der Waals surface area contributed by atoms with Gasteiger partial charge in [-0.1, -0.05) is 0 Å². The van der Waals surface area contributed by atoms with Gasteiger partial charge in [0.2, 0.25) is 5.91 Å². The predicted octanol–water partition coefficient (Wildman–Crippen LogP) is -0.879. The zero-order valence-corrected chi connectivity index (χ0v) is 18.3. The maximum Gasteiger partial charge on any atom is 0.309 e. The van der Waals surface area contributed by atoms with Crippen LogP contribution in [0.4, 0.5) is 0 Å². The van der Waals surface area contributed by atoms with Gasteiger partial charge in [-0.2, -0.15) is 0 Å². The normalized spacial score (nSPS) is 14.2. The van der Waals surface area contributed by atoms with Gasteiger partial charge in [0.05, 0.1) is 5.69 Å². The van der Waals surface area contributed by atoms with Gasteiger partial charge in [0, 0.05) is 57.5 Å². The summed E-state index contributed by atoms with van der Waals surface area (Å²) in [6.07, 6.45) is 1.28. The van der Waals surface area contributed by atoms with Crippen LogP contribution >= 0.6 is 23.7 Å². The van der Waals surface area contributed by atoms with Crippen LogP contribution in [0, 0.1) is 0 Å². The molecule has 10 nitrogen and oxygen atoms in total. The third-order valence-electron chi connectivity index (χ3n) is 4.39. The number of fused-ring (bicyclic) bond motifs is 1. The molecule has 4 N–H and O–H groups in total. The molecule has 0 saturated heterocycles. The van der Waals surface area contributed by atoms with E-state index in [4.69, 9.17) is 5.73 Å². The SMILES string of the molecule is CN1CCc2nc(C(=O)N[C@H](CCC(=O)N(C)C)CNC(=O)C(N)=O)sc2C1.Cl. The molecule has 0 fully saturated rings. The average molecular weight is 447 g/mol. The zero-order chi connectivity index (χ0) is 20.8. The number of carbonyl (C=O) groups is 4. The number of carbonyl (C=O) groups excluding carboxylic acids is 4. The van der Waals surface area contributed by atoms with Crippen LogP contribution in [0.25, 0.3) is 0 Å². The first-order chi connectivity index (χ1) is 13.2. The minimum Gasteiger partial charge on any atom is -0.361 e. The van der Waals surface area contributed by atoms with E-state index in [-0.39, 0.29) is 37.2 Å². The fraction of sp³-hybridized carbons (Fsp3) is 0.588. The lowest BCUT2D eigenvalue weighted by atomic mass is 10.1. The van der Waals surface area contributed by atoms with E-state index in [9.17, 15) is 19.2 Å². The number of nitrogens with one attached hydrogen (secondary N) is 2. The Morgan fingerprint density at radius 2 is 2.00 bits per heavy atom. The number of primary amides is 1. The summed E-state index contributed by atoms with van der Waals surface area (Å²) < 4.78 is 0. The second-order valence-electron chi connectivity index (χ2n) is 6.95. The van der Waals surface area contributed by atoms with E-state index < -0.39 is 17.9 Å². The van der Waals surface area contributed by atoms with E-state index in [2.05, 4.69) is 20.5 Å². The number of hydrogen-bond donors (Lipinski definition) is 3. The van der Waals surface area contributed by atoms with Gasteiger partial charge < -0.3 is 26.2 Å². The minimum atomic E-state index is -1.11. The van der Waals surface area contributed by atoms with Crippen LogP contribution in [-0.2, 0) is 27.3 Å². The van der Waals surface area contributed by atoms with Crippen LogP contribution in [0.1, 0.15) is 33.2 Å². The number of aromatic nitrogens is 1. The van der Waals surface area contributed by atoms with E-state index in [1.54, 1.807) is 14.1 Å². The lowest BCUT2D eigenvalue weighted by molar-refractivity contribution is -0.137. The molecule has 1 aliphatic heterocycles. The monoisotopic (exact) mass is 446 g/mol. The quantitative estimate of drug-likeness (QED) is 0.465. The molecule has 4 amide bonds. The van der Waals surface area contributed by atoms with Crippen LogP contribution in [0.5, 0.6) is 0 Å². The van der Waals surface area contributed by atoms with Crippen LogP contribution < -0.4 is 16.4 Å². The summed E-state index contributed by atoms with van der Waals surface area (Å²) in [5.41, 5.74) is 5.87. The van der Waals surface area contributed by atoms with Crippen molar-refractivity contribution < 1.29 is 19.2 Å². The third-order valence-corrected chi connectivity index (χ3v) is 5.47. The highest BCUT2D eigenvalue weighted by Crippen LogP contribution is 2.24. The van der Waals surface area contributed by atoms with E-state index in [1.165, 1.54) is 16.2 Å². The van der Waals surface area contributed by atoms with E-state index >= 15 is 0 Å². The standard InChI is InChI=1S/C17H26N6O4S.ClH/c1-22(2)13(24)5-4-10(8-19-15(26)14(18)25)20-16(27)17-21-11-6-7-23(3)9-12(11)28-17;/h10H,4-9H2,1-3H3,(H2,18,25)(H,19,26)(H,20,27);1H/t10-;/m1./s1. The molecule has 0 radical (unpaired) electrons. The first kappa shape index (κ1) is 24.8. The number of halogens is 1. The summed E-state index contributed by atoms with van der Waals surface area (Å²) in [4.78, 5) is 55.9. The zero-order valence-electron chi connectivity index (χ0n) is 16.7. The summed E-state index contributed by atoms with van der Waals surface area (Å²) in [7, 11) is 5.30. The first-order valence-corrected chi connectivity index (χ1v) is 9.74. The highest BCUT2D eigenvalue weighted by atomic mass is 35.5. The number of rotatable bonds is 7. The number of nitrogens with two attached hydrogens (primary N) is 1. The van der Waals surface area contributed by atoms with Gasteiger partial charge in [-0.3, -0.25) is 19.2 Å². The van der Waals surface area contributed by atoms with Gasteiger partial charge in [-0.25, -0.2) is 4.98 Å². The van der Waals surface area contributed by atoms with Gasteiger partial charge in [0.25, 0.3) is 5.91 Å². The molecule has 0 bridgehead atoms. The Morgan fingerprint density at radius 1 is 1.31 bits per heavy atom. The number of thiazole rings is 1. The number of hydrogen-bond acceptors (Lipinski definition) is 7. The van der Waals surface area contributed by atoms with Gasteiger partial charge in [0.15, 0.2) is 5.01 Å². The van der Waals surface area contributed by atoms with Crippen LogP contribution in [0.2, 0.25) is 0 Å². The number of likely N-dealkylation sites (N-methyl/N-ethyl adjacent to an activating group) is 1. The molecule has 0 aliphatic carbocycles. The van der Waals surface area contributed by atoms with Crippen molar-refractivity contribution >= 4 is 47.4 Å². The molecule has 1 aliphatic rings. The van der Waals surface area contributed by atoms with Crippen LogP contribution in [-0.4, -0.2) is 78.7 Å². The summed E-state index contributed by atoms with van der Waals surface area (Å²) in [6, 6.07) is -0.539. The molecule has 29 heavy (non-hydrogen) atoms. The van der Waals surface area contributed by atoms with Crippen molar-refractivity contribution in [2.45, 2.75) is 31.8 Å². The Balaban J connectivity index is 0.00000420. The van der Waals surface area contributed by atoms with Crippen molar-refractivity contribution in [1.82, 2.24) is 25.4 Å². The summed E-state index contributed by atoms with van der Waals surface area (Å²) in [6.45, 7) is 1.64. The average Bonchev–Trinajstić information content (AvgIpc) is 3.06. The molecule has 2 heterocycles. The molecule has 0 saturated carbocycles. The molecule has 2 rings (SSSR count). The highest BCUT2D eigenvalue weighted by molar-refractivity contribution is 7.13. The summed E-state index contributed by atoms with van der Waals surface area (Å²) in [5.74, 6) is -2.51. The van der Waals surface area contributed by atoms with E-state index in [1.807, 2.05) is 7.05 Å². The maximum absolute atomic E-state index is 12.6. The maximum atomic E-state index is 12.6. The highest BCUT2D eigenvalue weighted by Gasteiger charge is 2.24. The number of amides is 4.